The molecule has 1 fully saturated rings. The molecule has 3 nitrogen and oxygen atoms in total. The number of hydrogen-bond acceptors (Lipinski definition) is 2. The molecule has 1 aromatic carbocycles. The van der Waals surface area contributed by atoms with Crippen molar-refractivity contribution >= 4 is 11.0 Å². The topological polar surface area (TPSA) is 29.9 Å². The van der Waals surface area contributed by atoms with Gasteiger partial charge in [-0.25, -0.2) is 4.98 Å². The van der Waals surface area contributed by atoms with Gasteiger partial charge in [-0.2, -0.15) is 0 Å². The Balaban J connectivity index is 2.18. The molecule has 0 spiro atoms. The van der Waals surface area contributed by atoms with Crippen LogP contribution in [0, 0.1) is 12.8 Å². The Labute approximate surface area is 102 Å². The predicted molar refractivity (Wildman–Crippen MR) is 70.0 cm³/mol. The summed E-state index contributed by atoms with van der Waals surface area (Å²) in [5, 5.41) is 3.56. The quantitative estimate of drug-likeness (QED) is 0.814. The molecule has 0 radical (unpaired) electrons. The summed E-state index contributed by atoms with van der Waals surface area (Å²) in [7, 11) is 2.13. The second-order valence-corrected chi connectivity index (χ2v) is 5.17. The van der Waals surface area contributed by atoms with Crippen LogP contribution in [0.25, 0.3) is 11.0 Å². The molecule has 1 aliphatic heterocycles. The summed E-state index contributed by atoms with van der Waals surface area (Å²) in [4.78, 5) is 4.81. The monoisotopic (exact) mass is 229 g/mol. The third kappa shape index (κ3) is 1.57. The first kappa shape index (κ1) is 10.8. The number of nitrogens with one attached hydrogen (secondary N) is 1. The van der Waals surface area contributed by atoms with E-state index in [4.69, 9.17) is 4.98 Å². The van der Waals surface area contributed by atoms with Crippen molar-refractivity contribution in [3.05, 3.63) is 29.6 Å². The molecule has 1 N–H and O–H groups in total. The van der Waals surface area contributed by atoms with Crippen molar-refractivity contribution in [2.45, 2.75) is 26.3 Å². The van der Waals surface area contributed by atoms with Gasteiger partial charge in [0, 0.05) is 7.05 Å². The maximum Gasteiger partial charge on any atom is 0.127 e. The largest absolute Gasteiger partial charge is 0.330 e. The van der Waals surface area contributed by atoms with Gasteiger partial charge < -0.3 is 9.88 Å². The average Bonchev–Trinajstić information content (AvgIpc) is 2.84. The first-order valence-electron chi connectivity index (χ1n) is 6.34. The lowest BCUT2D eigenvalue weighted by Gasteiger charge is -2.15. The van der Waals surface area contributed by atoms with Gasteiger partial charge in [0.1, 0.15) is 5.82 Å². The highest BCUT2D eigenvalue weighted by atomic mass is 15.1. The SMILES string of the molecule is Cc1cccc2nc(C3NCCC3C)n(C)c12. The number of nitrogens with zero attached hydrogens (tertiary/aromatic N) is 2. The molecule has 0 amide bonds. The fraction of sp³-hybridized carbons (Fsp3) is 0.500. The number of hydrogen-bond donors (Lipinski definition) is 1. The van der Waals surface area contributed by atoms with Crippen LogP contribution >= 0.6 is 0 Å². The summed E-state index contributed by atoms with van der Waals surface area (Å²) >= 11 is 0. The number of benzene rings is 1. The number of rotatable bonds is 1. The minimum Gasteiger partial charge on any atom is -0.330 e. The van der Waals surface area contributed by atoms with Crippen molar-refractivity contribution in [2.24, 2.45) is 13.0 Å². The second-order valence-electron chi connectivity index (χ2n) is 5.17. The van der Waals surface area contributed by atoms with Gasteiger partial charge in [0.25, 0.3) is 0 Å². The van der Waals surface area contributed by atoms with Gasteiger partial charge in [0.2, 0.25) is 0 Å². The lowest BCUT2D eigenvalue weighted by Crippen LogP contribution is -2.20. The standard InChI is InChI=1S/C14H19N3/c1-9-7-8-15-12(9)14-16-11-6-4-5-10(2)13(11)17(14)3/h4-6,9,12,15H,7-8H2,1-3H3. The lowest BCUT2D eigenvalue weighted by atomic mass is 10.0. The van der Waals surface area contributed by atoms with Crippen molar-refractivity contribution in [1.29, 1.82) is 0 Å². The van der Waals surface area contributed by atoms with E-state index in [0.29, 0.717) is 12.0 Å². The lowest BCUT2D eigenvalue weighted by molar-refractivity contribution is 0.469. The van der Waals surface area contributed by atoms with E-state index in [-0.39, 0.29) is 0 Å². The maximum absolute atomic E-state index is 4.81. The Hall–Kier alpha value is -1.35. The number of aryl methyl sites for hydroxylation is 2. The third-order valence-corrected chi connectivity index (χ3v) is 3.94. The summed E-state index contributed by atoms with van der Waals surface area (Å²) in [6.45, 7) is 5.56. The molecule has 1 aromatic heterocycles. The summed E-state index contributed by atoms with van der Waals surface area (Å²) < 4.78 is 2.25. The van der Waals surface area contributed by atoms with Crippen LogP contribution in [-0.4, -0.2) is 16.1 Å². The van der Waals surface area contributed by atoms with Crippen LogP contribution < -0.4 is 5.32 Å². The minimum atomic E-state index is 0.409. The van der Waals surface area contributed by atoms with Gasteiger partial charge in [-0.15, -0.1) is 0 Å². The molecule has 2 unspecified atom stereocenters. The Morgan fingerprint density at radius 2 is 2.24 bits per heavy atom. The van der Waals surface area contributed by atoms with Crippen LogP contribution in [0.5, 0.6) is 0 Å². The van der Waals surface area contributed by atoms with Crippen molar-refractivity contribution in [1.82, 2.24) is 14.9 Å². The molecule has 90 valence electrons. The van der Waals surface area contributed by atoms with Gasteiger partial charge in [-0.1, -0.05) is 19.1 Å². The van der Waals surface area contributed by atoms with Crippen LogP contribution in [0.4, 0.5) is 0 Å². The molecule has 1 saturated heterocycles. The van der Waals surface area contributed by atoms with Crippen molar-refractivity contribution in [3.63, 3.8) is 0 Å². The van der Waals surface area contributed by atoms with Crippen LogP contribution in [0.2, 0.25) is 0 Å². The number of para-hydroxylation sites is 1. The Morgan fingerprint density at radius 1 is 1.41 bits per heavy atom. The van der Waals surface area contributed by atoms with E-state index >= 15 is 0 Å². The van der Waals surface area contributed by atoms with E-state index in [0.717, 1.165) is 12.1 Å². The summed E-state index contributed by atoms with van der Waals surface area (Å²) in [5.74, 6) is 1.85. The molecule has 1 aliphatic rings. The molecule has 0 aliphatic carbocycles. The molecule has 2 atom stereocenters. The number of imidazole rings is 1. The fourth-order valence-corrected chi connectivity index (χ4v) is 2.94. The first-order chi connectivity index (χ1) is 8.18. The molecule has 2 heterocycles. The molecule has 3 heteroatoms. The molecule has 0 bridgehead atoms. The Bertz CT molecular complexity index is 556. The van der Waals surface area contributed by atoms with Crippen molar-refractivity contribution in [3.8, 4) is 0 Å². The zero-order chi connectivity index (χ0) is 12.0. The van der Waals surface area contributed by atoms with E-state index in [9.17, 15) is 0 Å². The van der Waals surface area contributed by atoms with E-state index < -0.39 is 0 Å². The van der Waals surface area contributed by atoms with E-state index in [2.05, 4.69) is 49.0 Å². The fourth-order valence-electron chi connectivity index (χ4n) is 2.94. The average molecular weight is 229 g/mol. The van der Waals surface area contributed by atoms with Gasteiger partial charge in [-0.3, -0.25) is 0 Å². The molecular weight excluding hydrogens is 210 g/mol. The van der Waals surface area contributed by atoms with Crippen LogP contribution in [0.15, 0.2) is 18.2 Å². The second kappa shape index (κ2) is 3.84. The van der Waals surface area contributed by atoms with Crippen LogP contribution in [0.1, 0.15) is 30.8 Å². The highest BCUT2D eigenvalue weighted by molar-refractivity contribution is 5.79. The predicted octanol–water partition coefficient (Wildman–Crippen LogP) is 2.55. The normalized spacial score (nSPS) is 24.6. The van der Waals surface area contributed by atoms with E-state index in [1.165, 1.54) is 23.3 Å². The number of fused-ring (bicyclic) bond motifs is 1. The van der Waals surface area contributed by atoms with Crippen LogP contribution in [-0.2, 0) is 7.05 Å². The minimum absolute atomic E-state index is 0.409. The zero-order valence-corrected chi connectivity index (χ0v) is 10.7. The Morgan fingerprint density at radius 3 is 2.88 bits per heavy atom. The molecular formula is C14H19N3. The third-order valence-electron chi connectivity index (χ3n) is 3.94. The van der Waals surface area contributed by atoms with Crippen molar-refractivity contribution in [2.75, 3.05) is 6.54 Å². The van der Waals surface area contributed by atoms with Crippen LogP contribution in [0.3, 0.4) is 0 Å². The zero-order valence-electron chi connectivity index (χ0n) is 10.7. The smallest absolute Gasteiger partial charge is 0.127 e. The summed E-state index contributed by atoms with van der Waals surface area (Å²) in [5.41, 5.74) is 3.68. The van der Waals surface area contributed by atoms with E-state index in [1.807, 2.05) is 0 Å². The molecule has 0 saturated carbocycles. The summed E-state index contributed by atoms with van der Waals surface area (Å²) in [6.07, 6.45) is 1.24. The molecule has 3 rings (SSSR count). The van der Waals surface area contributed by atoms with Gasteiger partial charge in [0.05, 0.1) is 17.1 Å². The molecule has 17 heavy (non-hydrogen) atoms. The van der Waals surface area contributed by atoms with E-state index in [1.54, 1.807) is 0 Å². The van der Waals surface area contributed by atoms with Gasteiger partial charge >= 0.3 is 0 Å². The number of aromatic nitrogens is 2. The summed E-state index contributed by atoms with van der Waals surface area (Å²) in [6, 6.07) is 6.75. The highest BCUT2D eigenvalue weighted by Gasteiger charge is 2.28. The first-order valence-corrected chi connectivity index (χ1v) is 6.34. The maximum atomic E-state index is 4.81. The van der Waals surface area contributed by atoms with Gasteiger partial charge in [-0.05, 0) is 37.4 Å². The molecule has 2 aromatic rings. The Kier molecular flexibility index (Phi) is 2.44. The van der Waals surface area contributed by atoms with Crippen molar-refractivity contribution < 1.29 is 0 Å². The highest BCUT2D eigenvalue weighted by Crippen LogP contribution is 2.30. The van der Waals surface area contributed by atoms with Gasteiger partial charge in [0.15, 0.2) is 0 Å².